The Morgan fingerprint density at radius 2 is 2.33 bits per heavy atom. The van der Waals surface area contributed by atoms with Crippen LogP contribution in [0.3, 0.4) is 0 Å². The van der Waals surface area contributed by atoms with Crippen LogP contribution in [0, 0.1) is 0 Å². The quantitative estimate of drug-likeness (QED) is 0.476. The molecule has 0 aliphatic carbocycles. The lowest BCUT2D eigenvalue weighted by atomic mass is 10.5. The van der Waals surface area contributed by atoms with Crippen molar-refractivity contribution < 1.29 is 17.0 Å². The summed E-state index contributed by atoms with van der Waals surface area (Å²) >= 11 is 0. The molecule has 1 aliphatic heterocycles. The molecule has 0 radical (unpaired) electrons. The lowest BCUT2D eigenvalue weighted by Gasteiger charge is -2.06. The van der Waals surface area contributed by atoms with E-state index < -0.39 is 16.1 Å². The number of hydrogen-bond acceptors (Lipinski definition) is 3. The molecule has 0 unspecified atom stereocenters. The second-order valence-electron chi connectivity index (χ2n) is 1.64. The Hall–Kier alpha value is -0.580. The van der Waals surface area contributed by atoms with E-state index >= 15 is 0 Å². The van der Waals surface area contributed by atoms with Gasteiger partial charge in [0.1, 0.15) is 0 Å². The van der Waals surface area contributed by atoms with Crippen molar-refractivity contribution in [2.45, 2.75) is 6.42 Å². The Bertz CT molecular complexity index is 228. The third kappa shape index (κ3) is 1.67. The van der Waals surface area contributed by atoms with Crippen molar-refractivity contribution in [3.05, 3.63) is 12.1 Å². The van der Waals surface area contributed by atoms with Gasteiger partial charge in [-0.15, -0.1) is 0 Å². The average molecular weight is 152 g/mol. The predicted octanol–water partition coefficient (Wildman–Crippen LogP) is 0.547. The van der Waals surface area contributed by atoms with Crippen LogP contribution in [0.2, 0.25) is 0 Å². The maximum absolute atomic E-state index is 11.9. The second-order valence-corrected chi connectivity index (χ2v) is 3.33. The van der Waals surface area contributed by atoms with Gasteiger partial charge in [0.2, 0.25) is 0 Å². The SMILES string of the molecule is O=S1(=O)CCC=C(F)O1. The smallest absolute Gasteiger partial charge is 0.311 e. The monoisotopic (exact) mass is 152 g/mol. The number of allylic oxidation sites excluding steroid dienone is 1. The largest absolute Gasteiger partial charge is 0.353 e. The third-order valence-electron chi connectivity index (χ3n) is 0.879. The van der Waals surface area contributed by atoms with Crippen LogP contribution in [-0.2, 0) is 14.3 Å². The number of halogens is 1. The van der Waals surface area contributed by atoms with Crippen molar-refractivity contribution >= 4 is 10.1 Å². The first-order chi connectivity index (χ1) is 4.10. The first-order valence-electron chi connectivity index (χ1n) is 2.38. The fourth-order valence-electron chi connectivity index (χ4n) is 0.514. The molecule has 5 heteroatoms. The average Bonchev–Trinajstić information content (AvgIpc) is 1.60. The molecule has 0 spiro atoms. The highest BCUT2D eigenvalue weighted by Gasteiger charge is 2.17. The summed E-state index contributed by atoms with van der Waals surface area (Å²) in [5.74, 6) is -0.125. The topological polar surface area (TPSA) is 43.4 Å². The highest BCUT2D eigenvalue weighted by molar-refractivity contribution is 7.86. The zero-order chi connectivity index (χ0) is 6.91. The first kappa shape index (κ1) is 6.54. The molecular weight excluding hydrogens is 147 g/mol. The van der Waals surface area contributed by atoms with Gasteiger partial charge < -0.3 is 4.18 Å². The van der Waals surface area contributed by atoms with Gasteiger partial charge in [-0.1, -0.05) is 0 Å². The van der Waals surface area contributed by atoms with Crippen LogP contribution in [0.5, 0.6) is 0 Å². The molecule has 0 aromatic rings. The van der Waals surface area contributed by atoms with Gasteiger partial charge >= 0.3 is 10.1 Å². The molecule has 0 amide bonds. The van der Waals surface area contributed by atoms with E-state index in [0.717, 1.165) is 6.08 Å². The normalized spacial score (nSPS) is 24.3. The molecule has 52 valence electrons. The fourth-order valence-corrected chi connectivity index (χ4v) is 1.31. The fraction of sp³-hybridized carbons (Fsp3) is 0.500. The van der Waals surface area contributed by atoms with E-state index in [0.29, 0.717) is 0 Å². The lowest BCUT2D eigenvalue weighted by Crippen LogP contribution is -2.12. The van der Waals surface area contributed by atoms with Crippen LogP contribution in [0.1, 0.15) is 6.42 Å². The van der Waals surface area contributed by atoms with Crippen molar-refractivity contribution in [1.29, 1.82) is 0 Å². The van der Waals surface area contributed by atoms with E-state index in [1.807, 2.05) is 0 Å². The molecule has 1 rings (SSSR count). The lowest BCUT2D eigenvalue weighted by molar-refractivity contribution is 0.295. The van der Waals surface area contributed by atoms with Crippen molar-refractivity contribution in [3.8, 4) is 0 Å². The molecule has 0 N–H and O–H groups in total. The highest BCUT2D eigenvalue weighted by atomic mass is 32.2. The minimum atomic E-state index is -3.58. The highest BCUT2D eigenvalue weighted by Crippen LogP contribution is 2.13. The molecule has 1 heterocycles. The minimum absolute atomic E-state index is 0.125. The van der Waals surface area contributed by atoms with Gasteiger partial charge in [0.15, 0.2) is 0 Å². The second kappa shape index (κ2) is 1.98. The minimum Gasteiger partial charge on any atom is -0.353 e. The Labute approximate surface area is 52.3 Å². The zero-order valence-electron chi connectivity index (χ0n) is 4.50. The molecule has 3 nitrogen and oxygen atoms in total. The van der Waals surface area contributed by atoms with Crippen LogP contribution >= 0.6 is 0 Å². The van der Waals surface area contributed by atoms with Crippen LogP contribution < -0.4 is 0 Å². The maximum atomic E-state index is 11.9. The van der Waals surface area contributed by atoms with Gasteiger partial charge in [-0.2, -0.15) is 12.8 Å². The number of rotatable bonds is 0. The molecule has 0 saturated heterocycles. The molecule has 0 bridgehead atoms. The van der Waals surface area contributed by atoms with Crippen molar-refractivity contribution in [1.82, 2.24) is 0 Å². The standard InChI is InChI=1S/C4H5FO3S/c5-4-2-1-3-9(6,7)8-4/h2H,1,3H2. The molecule has 0 atom stereocenters. The summed E-state index contributed by atoms with van der Waals surface area (Å²) in [6.07, 6.45) is 1.30. The number of hydrogen-bond donors (Lipinski definition) is 0. The third-order valence-corrected chi connectivity index (χ3v) is 2.03. The van der Waals surface area contributed by atoms with Gasteiger partial charge in [-0.05, 0) is 12.5 Å². The molecule has 0 aromatic heterocycles. The Morgan fingerprint density at radius 3 is 2.67 bits per heavy atom. The first-order valence-corrected chi connectivity index (χ1v) is 3.96. The Balaban J connectivity index is 2.83. The molecule has 0 aromatic carbocycles. The summed E-state index contributed by atoms with van der Waals surface area (Å²) < 4.78 is 36.5. The molecular formula is C4H5FO3S. The van der Waals surface area contributed by atoms with Crippen LogP contribution in [0.15, 0.2) is 12.1 Å². The van der Waals surface area contributed by atoms with Gasteiger partial charge in [0.05, 0.1) is 5.75 Å². The summed E-state index contributed by atoms with van der Waals surface area (Å²) in [4.78, 5) is 0. The van der Waals surface area contributed by atoms with Gasteiger partial charge in [-0.25, -0.2) is 0 Å². The summed E-state index contributed by atoms with van der Waals surface area (Å²) in [6.45, 7) is 0. The van der Waals surface area contributed by atoms with E-state index in [1.54, 1.807) is 0 Å². The maximum Gasteiger partial charge on any atom is 0.311 e. The summed E-state index contributed by atoms with van der Waals surface area (Å²) in [5.41, 5.74) is 0. The molecule has 9 heavy (non-hydrogen) atoms. The molecule has 1 aliphatic rings. The van der Waals surface area contributed by atoms with E-state index in [9.17, 15) is 12.8 Å². The summed E-state index contributed by atoms with van der Waals surface area (Å²) in [6, 6.07) is -1.01. The molecule has 0 saturated carbocycles. The Kier molecular flexibility index (Phi) is 1.44. The van der Waals surface area contributed by atoms with E-state index in [2.05, 4.69) is 4.18 Å². The zero-order valence-corrected chi connectivity index (χ0v) is 5.32. The summed E-state index contributed by atoms with van der Waals surface area (Å²) in [7, 11) is -3.58. The van der Waals surface area contributed by atoms with E-state index in [4.69, 9.17) is 0 Å². The van der Waals surface area contributed by atoms with Crippen LogP contribution in [-0.4, -0.2) is 14.2 Å². The van der Waals surface area contributed by atoms with Crippen molar-refractivity contribution in [2.75, 3.05) is 5.75 Å². The van der Waals surface area contributed by atoms with Crippen LogP contribution in [0.4, 0.5) is 4.39 Å². The van der Waals surface area contributed by atoms with E-state index in [1.165, 1.54) is 0 Å². The van der Waals surface area contributed by atoms with Gasteiger partial charge in [-0.3, -0.25) is 0 Å². The van der Waals surface area contributed by atoms with Gasteiger partial charge in [0, 0.05) is 0 Å². The van der Waals surface area contributed by atoms with Crippen molar-refractivity contribution in [3.63, 3.8) is 0 Å². The Morgan fingerprint density at radius 1 is 1.67 bits per heavy atom. The van der Waals surface area contributed by atoms with E-state index in [-0.39, 0.29) is 12.2 Å². The molecule has 0 fully saturated rings. The van der Waals surface area contributed by atoms with Gasteiger partial charge in [0.25, 0.3) is 6.01 Å². The van der Waals surface area contributed by atoms with Crippen LogP contribution in [0.25, 0.3) is 0 Å². The predicted molar refractivity (Wildman–Crippen MR) is 28.7 cm³/mol. The van der Waals surface area contributed by atoms with Crippen molar-refractivity contribution in [2.24, 2.45) is 0 Å². The summed E-state index contributed by atoms with van der Waals surface area (Å²) in [5, 5.41) is 0.